The third-order valence-corrected chi connectivity index (χ3v) is 3.50. The van der Waals surface area contributed by atoms with E-state index in [1.54, 1.807) is 0 Å². The molecule has 1 heterocycles. The van der Waals surface area contributed by atoms with Crippen LogP contribution in [-0.2, 0) is 14.3 Å². The van der Waals surface area contributed by atoms with Crippen LogP contribution in [0.2, 0.25) is 0 Å². The van der Waals surface area contributed by atoms with Crippen molar-refractivity contribution in [1.29, 1.82) is 0 Å². The Kier molecular flexibility index (Phi) is 6.42. The first kappa shape index (κ1) is 16.9. The molecule has 20 heavy (non-hydrogen) atoms. The first-order chi connectivity index (χ1) is 9.29. The smallest absolute Gasteiger partial charge is 0.305 e. The van der Waals surface area contributed by atoms with E-state index in [2.05, 4.69) is 10.6 Å². The lowest BCUT2D eigenvalue weighted by molar-refractivity contribution is -0.139. The minimum Gasteiger partial charge on any atom is -0.481 e. The number of piperidine rings is 1. The van der Waals surface area contributed by atoms with Crippen LogP contribution in [0.4, 0.5) is 0 Å². The van der Waals surface area contributed by atoms with Gasteiger partial charge in [-0.2, -0.15) is 0 Å². The van der Waals surface area contributed by atoms with Crippen molar-refractivity contribution in [2.75, 3.05) is 19.7 Å². The SMILES string of the molecule is CC(C)(C)C(CC(=O)O)NC(=O)COC1CCNCC1. The van der Waals surface area contributed by atoms with E-state index in [-0.39, 0.29) is 30.5 Å². The van der Waals surface area contributed by atoms with Gasteiger partial charge in [0.2, 0.25) is 5.91 Å². The highest BCUT2D eigenvalue weighted by molar-refractivity contribution is 5.78. The van der Waals surface area contributed by atoms with Gasteiger partial charge in [-0.15, -0.1) is 0 Å². The minimum atomic E-state index is -0.913. The van der Waals surface area contributed by atoms with Gasteiger partial charge in [0.25, 0.3) is 0 Å². The lowest BCUT2D eigenvalue weighted by Gasteiger charge is -2.30. The third kappa shape index (κ3) is 6.34. The van der Waals surface area contributed by atoms with Crippen LogP contribution in [0.3, 0.4) is 0 Å². The zero-order valence-corrected chi connectivity index (χ0v) is 12.6. The Morgan fingerprint density at radius 3 is 2.45 bits per heavy atom. The monoisotopic (exact) mass is 286 g/mol. The van der Waals surface area contributed by atoms with Crippen molar-refractivity contribution in [3.05, 3.63) is 0 Å². The third-order valence-electron chi connectivity index (χ3n) is 3.50. The summed E-state index contributed by atoms with van der Waals surface area (Å²) in [5.41, 5.74) is -0.303. The molecule has 1 unspecified atom stereocenters. The maximum absolute atomic E-state index is 11.9. The van der Waals surface area contributed by atoms with Gasteiger partial charge in [0.15, 0.2) is 0 Å². The molecule has 0 radical (unpaired) electrons. The van der Waals surface area contributed by atoms with Crippen LogP contribution < -0.4 is 10.6 Å². The summed E-state index contributed by atoms with van der Waals surface area (Å²) < 4.78 is 5.56. The summed E-state index contributed by atoms with van der Waals surface area (Å²) in [6, 6.07) is -0.399. The van der Waals surface area contributed by atoms with E-state index in [1.807, 2.05) is 20.8 Å². The van der Waals surface area contributed by atoms with Crippen LogP contribution >= 0.6 is 0 Å². The van der Waals surface area contributed by atoms with Gasteiger partial charge in [0.1, 0.15) is 6.61 Å². The number of hydrogen-bond acceptors (Lipinski definition) is 4. The second kappa shape index (κ2) is 7.59. The molecule has 3 N–H and O–H groups in total. The van der Waals surface area contributed by atoms with Gasteiger partial charge < -0.3 is 20.5 Å². The molecule has 0 bridgehead atoms. The van der Waals surface area contributed by atoms with Gasteiger partial charge in [0, 0.05) is 6.04 Å². The molecule has 116 valence electrons. The normalized spacial score (nSPS) is 18.6. The number of carboxylic acids is 1. The fraction of sp³-hybridized carbons (Fsp3) is 0.857. The molecule has 0 aromatic heterocycles. The highest BCUT2D eigenvalue weighted by atomic mass is 16.5. The molecule has 1 atom stereocenters. The van der Waals surface area contributed by atoms with Gasteiger partial charge in [-0.3, -0.25) is 9.59 Å². The Morgan fingerprint density at radius 1 is 1.35 bits per heavy atom. The van der Waals surface area contributed by atoms with E-state index < -0.39 is 12.0 Å². The topological polar surface area (TPSA) is 87.7 Å². The van der Waals surface area contributed by atoms with Crippen molar-refractivity contribution < 1.29 is 19.4 Å². The number of carboxylic acid groups (broad SMARTS) is 1. The number of hydrogen-bond donors (Lipinski definition) is 3. The van der Waals surface area contributed by atoms with Crippen LogP contribution in [0.25, 0.3) is 0 Å². The lowest BCUT2D eigenvalue weighted by atomic mass is 9.85. The number of carbonyl (C=O) groups excluding carboxylic acids is 1. The molecule has 0 aromatic rings. The van der Waals surface area contributed by atoms with Crippen LogP contribution in [-0.4, -0.2) is 48.8 Å². The van der Waals surface area contributed by atoms with Gasteiger partial charge in [-0.05, 0) is 31.3 Å². The maximum Gasteiger partial charge on any atom is 0.305 e. The molecule has 1 saturated heterocycles. The highest BCUT2D eigenvalue weighted by Crippen LogP contribution is 2.21. The summed E-state index contributed by atoms with van der Waals surface area (Å²) in [6.45, 7) is 7.56. The zero-order valence-electron chi connectivity index (χ0n) is 12.6. The average molecular weight is 286 g/mol. The molecule has 0 aliphatic carbocycles. The molecule has 1 rings (SSSR count). The zero-order chi connectivity index (χ0) is 15.2. The number of amides is 1. The fourth-order valence-electron chi connectivity index (χ4n) is 2.14. The highest BCUT2D eigenvalue weighted by Gasteiger charge is 2.28. The van der Waals surface area contributed by atoms with Gasteiger partial charge in [-0.25, -0.2) is 0 Å². The van der Waals surface area contributed by atoms with Crippen molar-refractivity contribution in [1.82, 2.24) is 10.6 Å². The molecule has 1 fully saturated rings. The molecule has 1 amide bonds. The molecule has 6 nitrogen and oxygen atoms in total. The number of carbonyl (C=O) groups is 2. The lowest BCUT2D eigenvalue weighted by Crippen LogP contribution is -2.46. The van der Waals surface area contributed by atoms with E-state index in [0.717, 1.165) is 25.9 Å². The standard InChI is InChI=1S/C14H26N2O4/c1-14(2,3)11(8-13(18)19)16-12(17)9-20-10-4-6-15-7-5-10/h10-11,15H,4-9H2,1-3H3,(H,16,17)(H,18,19). The Hall–Kier alpha value is -1.14. The predicted octanol–water partition coefficient (Wildman–Crippen LogP) is 0.761. The van der Waals surface area contributed by atoms with Gasteiger partial charge >= 0.3 is 5.97 Å². The van der Waals surface area contributed by atoms with E-state index in [1.165, 1.54) is 0 Å². The van der Waals surface area contributed by atoms with Crippen LogP contribution in [0, 0.1) is 5.41 Å². The summed E-state index contributed by atoms with van der Waals surface area (Å²) >= 11 is 0. The molecule has 0 spiro atoms. The second-order valence-electron chi connectivity index (χ2n) is 6.34. The summed E-state index contributed by atoms with van der Waals surface area (Å²) in [5.74, 6) is -1.16. The Bertz CT molecular complexity index is 333. The van der Waals surface area contributed by atoms with Gasteiger partial charge in [0.05, 0.1) is 12.5 Å². The maximum atomic E-state index is 11.9. The first-order valence-electron chi connectivity index (χ1n) is 7.12. The van der Waals surface area contributed by atoms with Crippen molar-refractivity contribution in [2.24, 2.45) is 5.41 Å². The Morgan fingerprint density at radius 2 is 1.95 bits per heavy atom. The van der Waals surface area contributed by atoms with E-state index >= 15 is 0 Å². The number of aliphatic carboxylic acids is 1. The van der Waals surface area contributed by atoms with E-state index in [9.17, 15) is 9.59 Å². The summed E-state index contributed by atoms with van der Waals surface area (Å²) in [6.07, 6.45) is 1.85. The molecular formula is C14H26N2O4. The molecule has 1 aliphatic heterocycles. The number of rotatable bonds is 6. The Balaban J connectivity index is 2.39. The molecule has 1 aliphatic rings. The molecule has 0 saturated carbocycles. The average Bonchev–Trinajstić information content (AvgIpc) is 2.35. The first-order valence-corrected chi connectivity index (χ1v) is 7.12. The summed E-state index contributed by atoms with van der Waals surface area (Å²) in [7, 11) is 0. The van der Waals surface area contributed by atoms with Crippen molar-refractivity contribution in [2.45, 2.75) is 52.2 Å². The van der Waals surface area contributed by atoms with E-state index in [4.69, 9.17) is 9.84 Å². The largest absolute Gasteiger partial charge is 0.481 e. The number of ether oxygens (including phenoxy) is 1. The quantitative estimate of drug-likeness (QED) is 0.671. The van der Waals surface area contributed by atoms with Crippen molar-refractivity contribution in [3.63, 3.8) is 0 Å². The predicted molar refractivity (Wildman–Crippen MR) is 75.5 cm³/mol. The van der Waals surface area contributed by atoms with Crippen LogP contribution in [0.15, 0.2) is 0 Å². The van der Waals surface area contributed by atoms with E-state index in [0.29, 0.717) is 0 Å². The minimum absolute atomic E-state index is 0.00311. The molecule has 0 aromatic carbocycles. The van der Waals surface area contributed by atoms with Crippen LogP contribution in [0.5, 0.6) is 0 Å². The van der Waals surface area contributed by atoms with Crippen molar-refractivity contribution in [3.8, 4) is 0 Å². The Labute approximate surface area is 120 Å². The fourth-order valence-corrected chi connectivity index (χ4v) is 2.14. The van der Waals surface area contributed by atoms with Crippen molar-refractivity contribution >= 4 is 11.9 Å². The second-order valence-corrected chi connectivity index (χ2v) is 6.34. The summed E-state index contributed by atoms with van der Waals surface area (Å²) in [5, 5.41) is 14.9. The van der Waals surface area contributed by atoms with Crippen LogP contribution in [0.1, 0.15) is 40.0 Å². The number of nitrogens with one attached hydrogen (secondary N) is 2. The van der Waals surface area contributed by atoms with Gasteiger partial charge in [-0.1, -0.05) is 20.8 Å². The molecule has 6 heteroatoms. The molecular weight excluding hydrogens is 260 g/mol. The summed E-state index contributed by atoms with van der Waals surface area (Å²) in [4.78, 5) is 22.7.